The van der Waals surface area contributed by atoms with E-state index in [2.05, 4.69) is 36.5 Å². The lowest BCUT2D eigenvalue weighted by molar-refractivity contribution is -0.274. The molecule has 33 heavy (non-hydrogen) atoms. The zero-order valence-corrected chi connectivity index (χ0v) is 18.7. The number of halogens is 3. The van der Waals surface area contributed by atoms with Crippen molar-refractivity contribution < 1.29 is 22.7 Å². The summed E-state index contributed by atoms with van der Waals surface area (Å²) < 4.78 is 40.8. The fraction of sp³-hybridized carbons (Fsp3) is 0.500. The van der Waals surface area contributed by atoms with Gasteiger partial charge in [-0.2, -0.15) is 0 Å². The monoisotopic (exact) mass is 464 g/mol. The molecule has 2 fully saturated rings. The molecule has 3 heterocycles. The van der Waals surface area contributed by atoms with Crippen LogP contribution in [0.5, 0.6) is 5.75 Å². The molecule has 0 atom stereocenters. The van der Waals surface area contributed by atoms with Gasteiger partial charge < -0.3 is 24.3 Å². The third kappa shape index (κ3) is 5.84. The topological polar surface area (TPSA) is 65.0 Å². The van der Waals surface area contributed by atoms with Crippen molar-refractivity contribution in [3.8, 4) is 5.75 Å². The van der Waals surface area contributed by atoms with Crippen molar-refractivity contribution in [1.29, 1.82) is 0 Å². The molecule has 0 unspecified atom stereocenters. The van der Waals surface area contributed by atoms with Gasteiger partial charge in [-0.15, -0.1) is 13.2 Å². The van der Waals surface area contributed by atoms with Crippen LogP contribution in [0, 0.1) is 6.92 Å². The number of ether oxygens (including phenoxy) is 1. The minimum Gasteiger partial charge on any atom is -0.406 e. The summed E-state index contributed by atoms with van der Waals surface area (Å²) in [6, 6.07) is 7.02. The van der Waals surface area contributed by atoms with Crippen LogP contribution < -0.4 is 14.5 Å². The van der Waals surface area contributed by atoms with Crippen LogP contribution in [-0.2, 0) is 0 Å². The maximum atomic E-state index is 12.8. The second-order valence-electron chi connectivity index (χ2n) is 8.27. The van der Waals surface area contributed by atoms with Gasteiger partial charge >= 0.3 is 6.36 Å². The largest absolute Gasteiger partial charge is 0.573 e. The Morgan fingerprint density at radius 2 is 1.39 bits per heavy atom. The first-order chi connectivity index (χ1) is 15.7. The molecule has 8 nitrogen and oxygen atoms in total. The number of alkyl halides is 3. The van der Waals surface area contributed by atoms with E-state index in [4.69, 9.17) is 0 Å². The number of benzene rings is 1. The second kappa shape index (κ2) is 9.42. The van der Waals surface area contributed by atoms with Crippen LogP contribution in [0.2, 0.25) is 0 Å². The number of carbonyl (C=O) groups is 1. The van der Waals surface area contributed by atoms with Gasteiger partial charge in [0.05, 0.1) is 0 Å². The van der Waals surface area contributed by atoms with Crippen molar-refractivity contribution >= 4 is 17.5 Å². The predicted octanol–water partition coefficient (Wildman–Crippen LogP) is 2.40. The highest BCUT2D eigenvalue weighted by molar-refractivity contribution is 5.94. The van der Waals surface area contributed by atoms with Gasteiger partial charge in [-0.25, -0.2) is 9.97 Å². The molecule has 0 saturated carbocycles. The van der Waals surface area contributed by atoms with Gasteiger partial charge in [0.15, 0.2) is 0 Å². The third-order valence-corrected chi connectivity index (χ3v) is 5.86. The van der Waals surface area contributed by atoms with E-state index in [0.717, 1.165) is 49.9 Å². The number of hydrogen-bond donors (Lipinski definition) is 0. The summed E-state index contributed by atoms with van der Waals surface area (Å²) >= 11 is 0. The molecule has 1 amide bonds. The fourth-order valence-electron chi connectivity index (χ4n) is 4.02. The number of aromatic nitrogens is 2. The molecule has 4 rings (SSSR count). The summed E-state index contributed by atoms with van der Waals surface area (Å²) in [6.45, 7) is 7.90. The maximum absolute atomic E-state index is 12.8. The zero-order valence-electron chi connectivity index (χ0n) is 18.7. The molecule has 1 aromatic carbocycles. The van der Waals surface area contributed by atoms with E-state index in [1.165, 1.54) is 12.1 Å². The number of amides is 1. The number of carbonyl (C=O) groups excluding carboxylic acids is 1. The first kappa shape index (κ1) is 23.1. The van der Waals surface area contributed by atoms with Crippen molar-refractivity contribution in [2.45, 2.75) is 13.3 Å². The number of anilines is 2. The Hall–Kier alpha value is -3.08. The summed E-state index contributed by atoms with van der Waals surface area (Å²) in [5, 5.41) is 0. The molecule has 2 saturated heterocycles. The van der Waals surface area contributed by atoms with Crippen LogP contribution in [0.3, 0.4) is 0 Å². The lowest BCUT2D eigenvalue weighted by Gasteiger charge is -2.37. The highest BCUT2D eigenvalue weighted by Gasteiger charge is 2.31. The average molecular weight is 464 g/mol. The Morgan fingerprint density at radius 1 is 0.879 bits per heavy atom. The molecule has 2 aliphatic rings. The number of aryl methyl sites for hydroxylation is 1. The number of hydrogen-bond acceptors (Lipinski definition) is 7. The van der Waals surface area contributed by atoms with Crippen LogP contribution in [0.1, 0.15) is 16.2 Å². The van der Waals surface area contributed by atoms with Crippen LogP contribution in [0.25, 0.3) is 0 Å². The molecule has 0 bridgehead atoms. The molecule has 1 aromatic heterocycles. The van der Waals surface area contributed by atoms with E-state index in [1.807, 2.05) is 13.0 Å². The minimum absolute atomic E-state index is 0.217. The molecule has 2 aliphatic heterocycles. The van der Waals surface area contributed by atoms with Gasteiger partial charge in [0, 0.05) is 64.0 Å². The molecule has 11 heteroatoms. The highest BCUT2D eigenvalue weighted by Crippen LogP contribution is 2.24. The van der Waals surface area contributed by atoms with Gasteiger partial charge in [-0.05, 0) is 38.2 Å². The Kier molecular flexibility index (Phi) is 6.59. The van der Waals surface area contributed by atoms with E-state index in [9.17, 15) is 18.0 Å². The number of likely N-dealkylation sites (N-methyl/N-ethyl adjacent to an activating group) is 1. The van der Waals surface area contributed by atoms with Gasteiger partial charge in [0.2, 0.25) is 0 Å². The number of nitrogens with zero attached hydrogens (tertiary/aromatic N) is 6. The molecule has 0 spiro atoms. The normalized spacial score (nSPS) is 17.9. The summed E-state index contributed by atoms with van der Waals surface area (Å²) in [5.41, 5.74) is 0.327. The molecule has 0 radical (unpaired) electrons. The molecular formula is C22H27F3N6O2. The minimum atomic E-state index is -4.76. The van der Waals surface area contributed by atoms with E-state index >= 15 is 0 Å². The van der Waals surface area contributed by atoms with Crippen molar-refractivity contribution in [1.82, 2.24) is 19.8 Å². The smallest absolute Gasteiger partial charge is 0.406 e. The van der Waals surface area contributed by atoms with E-state index in [0.29, 0.717) is 37.6 Å². The molecule has 2 aromatic rings. The predicted molar refractivity (Wildman–Crippen MR) is 118 cm³/mol. The first-order valence-electron chi connectivity index (χ1n) is 10.9. The van der Waals surface area contributed by atoms with Gasteiger partial charge in [0.1, 0.15) is 23.2 Å². The van der Waals surface area contributed by atoms with Crippen molar-refractivity contribution in [2.24, 2.45) is 0 Å². The lowest BCUT2D eigenvalue weighted by Crippen LogP contribution is -2.49. The van der Waals surface area contributed by atoms with Crippen LogP contribution in [0.4, 0.5) is 24.8 Å². The summed E-state index contributed by atoms with van der Waals surface area (Å²) in [5.74, 6) is 1.91. The Labute approximate surface area is 190 Å². The summed E-state index contributed by atoms with van der Waals surface area (Å²) in [4.78, 5) is 30.4. The van der Waals surface area contributed by atoms with Gasteiger partial charge in [0.25, 0.3) is 5.91 Å². The molecule has 178 valence electrons. The van der Waals surface area contributed by atoms with E-state index in [-0.39, 0.29) is 11.7 Å². The van der Waals surface area contributed by atoms with E-state index in [1.54, 1.807) is 4.90 Å². The molecule has 0 N–H and O–H groups in total. The average Bonchev–Trinajstić information content (AvgIpc) is 2.78. The third-order valence-electron chi connectivity index (χ3n) is 5.86. The molecule has 0 aliphatic carbocycles. The van der Waals surface area contributed by atoms with E-state index < -0.39 is 6.36 Å². The van der Waals surface area contributed by atoms with Gasteiger partial charge in [-0.3, -0.25) is 4.79 Å². The standard InChI is InChI=1S/C22H27F3N6O2/c1-16-26-19(29-9-7-28(2)8-10-29)15-20(27-16)30-11-13-31(14-12-30)21(32)17-3-5-18(6-4-17)33-22(23,24)25/h3-6,15H,7-14H2,1-2H3. The fourth-order valence-corrected chi connectivity index (χ4v) is 4.02. The Bertz CT molecular complexity index is 969. The summed E-state index contributed by atoms with van der Waals surface area (Å²) in [6.07, 6.45) is -4.76. The first-order valence-corrected chi connectivity index (χ1v) is 10.9. The maximum Gasteiger partial charge on any atom is 0.573 e. The number of rotatable bonds is 4. The van der Waals surface area contributed by atoms with Crippen molar-refractivity contribution in [2.75, 3.05) is 69.2 Å². The molecular weight excluding hydrogens is 437 g/mol. The van der Waals surface area contributed by atoms with Crippen molar-refractivity contribution in [3.05, 3.63) is 41.7 Å². The number of piperazine rings is 2. The zero-order chi connectivity index (χ0) is 23.6. The van der Waals surface area contributed by atoms with Crippen LogP contribution in [-0.4, -0.2) is 91.4 Å². The second-order valence-corrected chi connectivity index (χ2v) is 8.27. The SMILES string of the molecule is Cc1nc(N2CCN(C)CC2)cc(N2CCN(C(=O)c3ccc(OC(F)(F)F)cc3)CC2)n1. The van der Waals surface area contributed by atoms with Crippen LogP contribution >= 0.6 is 0 Å². The summed E-state index contributed by atoms with van der Waals surface area (Å²) in [7, 11) is 2.11. The quantitative estimate of drug-likeness (QED) is 0.689. The van der Waals surface area contributed by atoms with Crippen LogP contribution in [0.15, 0.2) is 30.3 Å². The Balaban J connectivity index is 1.37. The highest BCUT2D eigenvalue weighted by atomic mass is 19.4. The Morgan fingerprint density at radius 3 is 1.91 bits per heavy atom. The van der Waals surface area contributed by atoms with Crippen molar-refractivity contribution in [3.63, 3.8) is 0 Å². The van der Waals surface area contributed by atoms with Gasteiger partial charge in [-0.1, -0.05) is 0 Å². The lowest BCUT2D eigenvalue weighted by atomic mass is 10.1.